The van der Waals surface area contributed by atoms with Crippen LogP contribution in [0.5, 0.6) is 0 Å². The lowest BCUT2D eigenvalue weighted by molar-refractivity contribution is 0.112. The molecule has 1 saturated heterocycles. The van der Waals surface area contributed by atoms with Crippen molar-refractivity contribution >= 4 is 22.8 Å². The lowest BCUT2D eigenvalue weighted by atomic mass is 10.2. The van der Waals surface area contributed by atoms with Crippen LogP contribution in [-0.4, -0.2) is 48.4 Å². The Kier molecular flexibility index (Phi) is 4.35. The van der Waals surface area contributed by atoms with Crippen LogP contribution in [0.1, 0.15) is 36.1 Å². The molecule has 100 valence electrons. The van der Waals surface area contributed by atoms with E-state index in [-0.39, 0.29) is 0 Å². The van der Waals surface area contributed by atoms with Gasteiger partial charge in [-0.15, -0.1) is 0 Å². The Labute approximate surface area is 113 Å². The van der Waals surface area contributed by atoms with Crippen molar-refractivity contribution in [3.63, 3.8) is 0 Å². The maximum Gasteiger partial charge on any atom is 0.186 e. The first kappa shape index (κ1) is 13.5. The Bertz CT molecular complexity index is 418. The Balaban J connectivity index is 2.13. The molecule has 4 nitrogen and oxygen atoms in total. The zero-order chi connectivity index (χ0) is 13.1. The molecule has 1 unspecified atom stereocenters. The van der Waals surface area contributed by atoms with Crippen molar-refractivity contribution in [2.45, 2.75) is 33.2 Å². The van der Waals surface area contributed by atoms with Crippen LogP contribution in [0, 0.1) is 0 Å². The number of likely N-dealkylation sites (N-methyl/N-ethyl adjacent to an activating group) is 1. The summed E-state index contributed by atoms with van der Waals surface area (Å²) in [6.45, 7) is 10.7. The number of hydrogen-bond acceptors (Lipinski definition) is 5. The van der Waals surface area contributed by atoms with Crippen molar-refractivity contribution in [1.82, 2.24) is 9.88 Å². The van der Waals surface area contributed by atoms with Gasteiger partial charge in [-0.1, -0.05) is 25.2 Å². The molecule has 1 aliphatic heterocycles. The largest absolute Gasteiger partial charge is 0.345 e. The summed E-state index contributed by atoms with van der Waals surface area (Å²) in [6, 6.07) is 0.553. The van der Waals surface area contributed by atoms with Crippen molar-refractivity contribution in [3.05, 3.63) is 10.6 Å². The molecule has 0 amide bonds. The van der Waals surface area contributed by atoms with Gasteiger partial charge in [-0.2, -0.15) is 0 Å². The van der Waals surface area contributed by atoms with Crippen molar-refractivity contribution in [2.75, 3.05) is 31.1 Å². The van der Waals surface area contributed by atoms with Gasteiger partial charge in [-0.25, -0.2) is 4.98 Å². The molecule has 2 heterocycles. The van der Waals surface area contributed by atoms with E-state index in [9.17, 15) is 4.79 Å². The maximum absolute atomic E-state index is 11.0. The van der Waals surface area contributed by atoms with Crippen molar-refractivity contribution in [1.29, 1.82) is 0 Å². The molecule has 0 bridgehead atoms. The number of anilines is 1. The van der Waals surface area contributed by atoms with Gasteiger partial charge in [-0.05, 0) is 19.9 Å². The van der Waals surface area contributed by atoms with Crippen LogP contribution in [0.2, 0.25) is 0 Å². The van der Waals surface area contributed by atoms with E-state index in [1.807, 2.05) is 6.92 Å². The number of nitrogens with zero attached hydrogens (tertiary/aromatic N) is 3. The predicted octanol–water partition coefficient (Wildman–Crippen LogP) is 2.05. The van der Waals surface area contributed by atoms with Gasteiger partial charge in [0.15, 0.2) is 11.4 Å². The van der Waals surface area contributed by atoms with Crippen LogP contribution < -0.4 is 4.90 Å². The molecule has 0 aromatic carbocycles. The minimum absolute atomic E-state index is 0.553. The standard InChI is InChI=1S/C13H21N3OS/c1-4-11-12(9-17)18-13(14-11)16-7-6-15(5-2)10(3)8-16/h9-10H,4-8H2,1-3H3. The van der Waals surface area contributed by atoms with E-state index >= 15 is 0 Å². The topological polar surface area (TPSA) is 36.4 Å². The van der Waals surface area contributed by atoms with Gasteiger partial charge in [0.05, 0.1) is 10.6 Å². The normalized spacial score (nSPS) is 21.3. The number of aromatic nitrogens is 1. The smallest absolute Gasteiger partial charge is 0.186 e. The van der Waals surface area contributed by atoms with E-state index in [2.05, 4.69) is 28.6 Å². The van der Waals surface area contributed by atoms with Gasteiger partial charge in [0.25, 0.3) is 0 Å². The zero-order valence-electron chi connectivity index (χ0n) is 11.3. The Hall–Kier alpha value is -0.940. The first-order valence-electron chi connectivity index (χ1n) is 6.63. The first-order valence-corrected chi connectivity index (χ1v) is 7.45. The minimum Gasteiger partial charge on any atom is -0.345 e. The molecule has 1 aliphatic rings. The molecule has 0 aliphatic carbocycles. The summed E-state index contributed by atoms with van der Waals surface area (Å²) < 4.78 is 0. The summed E-state index contributed by atoms with van der Waals surface area (Å²) in [4.78, 5) is 21.2. The van der Waals surface area contributed by atoms with Crippen LogP contribution in [-0.2, 0) is 6.42 Å². The highest BCUT2D eigenvalue weighted by Crippen LogP contribution is 2.27. The monoisotopic (exact) mass is 267 g/mol. The second kappa shape index (κ2) is 5.80. The molecule has 0 spiro atoms. The summed E-state index contributed by atoms with van der Waals surface area (Å²) in [7, 11) is 0. The molecule has 0 saturated carbocycles. The van der Waals surface area contributed by atoms with Gasteiger partial charge in [0, 0.05) is 25.7 Å². The maximum atomic E-state index is 11.0. The number of rotatable bonds is 4. The number of piperazine rings is 1. The van der Waals surface area contributed by atoms with E-state index in [1.54, 1.807) is 0 Å². The third-order valence-corrected chi connectivity index (χ3v) is 4.68. The van der Waals surface area contributed by atoms with E-state index in [0.717, 1.165) is 54.6 Å². The molecule has 1 atom stereocenters. The molecule has 1 aromatic heterocycles. The highest BCUT2D eigenvalue weighted by molar-refractivity contribution is 7.17. The average molecular weight is 267 g/mol. The van der Waals surface area contributed by atoms with Gasteiger partial charge in [-0.3, -0.25) is 9.69 Å². The molecule has 1 fully saturated rings. The SMILES string of the molecule is CCc1nc(N2CCN(CC)C(C)C2)sc1C=O. The summed E-state index contributed by atoms with van der Waals surface area (Å²) in [5.74, 6) is 0. The van der Waals surface area contributed by atoms with E-state index in [0.29, 0.717) is 6.04 Å². The van der Waals surface area contributed by atoms with Crippen LogP contribution >= 0.6 is 11.3 Å². The fourth-order valence-electron chi connectivity index (χ4n) is 2.47. The number of thiazole rings is 1. The van der Waals surface area contributed by atoms with Crippen molar-refractivity contribution < 1.29 is 4.79 Å². The summed E-state index contributed by atoms with van der Waals surface area (Å²) in [5, 5.41) is 1.01. The third kappa shape index (κ3) is 2.57. The predicted molar refractivity (Wildman–Crippen MR) is 75.8 cm³/mol. The average Bonchev–Trinajstić information content (AvgIpc) is 2.81. The molecule has 1 aromatic rings. The van der Waals surface area contributed by atoms with Crippen LogP contribution in [0.3, 0.4) is 0 Å². The van der Waals surface area contributed by atoms with E-state index in [1.165, 1.54) is 11.3 Å². The molecule has 5 heteroatoms. The third-order valence-electron chi connectivity index (χ3n) is 3.60. The number of aldehydes is 1. The molecule has 0 N–H and O–H groups in total. The van der Waals surface area contributed by atoms with Crippen molar-refractivity contribution in [3.8, 4) is 0 Å². The fourth-order valence-corrected chi connectivity index (χ4v) is 3.47. The molecular formula is C13H21N3OS. The van der Waals surface area contributed by atoms with Crippen LogP contribution in [0.15, 0.2) is 0 Å². The highest BCUT2D eigenvalue weighted by Gasteiger charge is 2.25. The van der Waals surface area contributed by atoms with Crippen molar-refractivity contribution in [2.24, 2.45) is 0 Å². The highest BCUT2D eigenvalue weighted by atomic mass is 32.1. The molecule has 0 radical (unpaired) electrons. The van der Waals surface area contributed by atoms with Gasteiger partial charge >= 0.3 is 0 Å². The van der Waals surface area contributed by atoms with E-state index < -0.39 is 0 Å². The minimum atomic E-state index is 0.553. The summed E-state index contributed by atoms with van der Waals surface area (Å²) in [5.41, 5.74) is 0.940. The molecular weight excluding hydrogens is 246 g/mol. The van der Waals surface area contributed by atoms with Crippen LogP contribution in [0.25, 0.3) is 0 Å². The summed E-state index contributed by atoms with van der Waals surface area (Å²) >= 11 is 1.53. The Morgan fingerprint density at radius 1 is 1.44 bits per heavy atom. The second-order valence-corrected chi connectivity index (χ2v) is 5.71. The lowest BCUT2D eigenvalue weighted by Crippen LogP contribution is -2.51. The zero-order valence-corrected chi connectivity index (χ0v) is 12.2. The molecule has 18 heavy (non-hydrogen) atoms. The van der Waals surface area contributed by atoms with E-state index in [4.69, 9.17) is 0 Å². The number of carbonyl (C=O) groups is 1. The number of hydrogen-bond donors (Lipinski definition) is 0. The number of aryl methyl sites for hydroxylation is 1. The van der Waals surface area contributed by atoms with Gasteiger partial charge in [0.1, 0.15) is 0 Å². The van der Waals surface area contributed by atoms with Crippen LogP contribution in [0.4, 0.5) is 5.13 Å². The first-order chi connectivity index (χ1) is 8.69. The quantitative estimate of drug-likeness (QED) is 0.782. The second-order valence-electron chi connectivity index (χ2n) is 4.70. The Morgan fingerprint density at radius 3 is 2.72 bits per heavy atom. The van der Waals surface area contributed by atoms with Gasteiger partial charge in [0.2, 0.25) is 0 Å². The molecule has 2 rings (SSSR count). The summed E-state index contributed by atoms with van der Waals surface area (Å²) in [6.07, 6.45) is 1.76. The van der Waals surface area contributed by atoms with Gasteiger partial charge < -0.3 is 4.90 Å². The fraction of sp³-hybridized carbons (Fsp3) is 0.692. The number of carbonyl (C=O) groups excluding carboxylic acids is 1. The Morgan fingerprint density at radius 2 is 2.22 bits per heavy atom. The lowest BCUT2D eigenvalue weighted by Gasteiger charge is -2.39.